The van der Waals surface area contributed by atoms with Crippen molar-refractivity contribution in [3.63, 3.8) is 0 Å². The Morgan fingerprint density at radius 2 is 1.59 bits per heavy atom. The zero-order valence-corrected chi connectivity index (χ0v) is 21.2. The summed E-state index contributed by atoms with van der Waals surface area (Å²) < 4.78 is 17.6. The summed E-state index contributed by atoms with van der Waals surface area (Å²) in [7, 11) is 6.31. The SMILES string of the molecule is C=C(c1ccc(OCC[N+](C)(C)C)cc1)[C@H](NC(=O)OC(C)(C)C)C(=O)OC(C)(C)CC. The first-order valence-electron chi connectivity index (χ1n) is 11.0. The van der Waals surface area contributed by atoms with Gasteiger partial charge in [0, 0.05) is 0 Å². The van der Waals surface area contributed by atoms with Crippen LogP contribution >= 0.6 is 0 Å². The van der Waals surface area contributed by atoms with Crippen molar-refractivity contribution in [2.24, 2.45) is 0 Å². The molecule has 0 aliphatic carbocycles. The number of amides is 1. The lowest BCUT2D eigenvalue weighted by molar-refractivity contribution is -0.870. The molecule has 7 heteroatoms. The van der Waals surface area contributed by atoms with Gasteiger partial charge in [-0.25, -0.2) is 9.59 Å². The van der Waals surface area contributed by atoms with Crippen LogP contribution in [0.5, 0.6) is 5.75 Å². The molecule has 0 spiro atoms. The third-order valence-electron chi connectivity index (χ3n) is 4.73. The van der Waals surface area contributed by atoms with Crippen LogP contribution in [0.2, 0.25) is 0 Å². The van der Waals surface area contributed by atoms with Crippen LogP contribution in [0, 0.1) is 0 Å². The number of hydrogen-bond donors (Lipinski definition) is 1. The molecule has 0 radical (unpaired) electrons. The van der Waals surface area contributed by atoms with E-state index < -0.39 is 29.3 Å². The van der Waals surface area contributed by atoms with Gasteiger partial charge in [0.1, 0.15) is 30.1 Å². The number of ether oxygens (including phenoxy) is 3. The van der Waals surface area contributed by atoms with E-state index in [1.54, 1.807) is 20.8 Å². The average Bonchev–Trinajstić information content (AvgIpc) is 2.63. The Balaban J connectivity index is 3.00. The number of nitrogens with one attached hydrogen (secondary N) is 1. The Bertz CT molecular complexity index is 786. The molecular formula is C25H41N2O5+. The minimum Gasteiger partial charge on any atom is -0.488 e. The summed E-state index contributed by atoms with van der Waals surface area (Å²) in [5.74, 6) is 0.136. The molecule has 0 saturated heterocycles. The molecule has 0 aliphatic heterocycles. The first-order valence-corrected chi connectivity index (χ1v) is 11.0. The largest absolute Gasteiger partial charge is 0.488 e. The zero-order valence-electron chi connectivity index (χ0n) is 21.2. The molecule has 1 atom stereocenters. The van der Waals surface area contributed by atoms with Crippen LogP contribution in [0.4, 0.5) is 4.79 Å². The second-order valence-electron chi connectivity index (χ2n) is 10.5. The number of benzene rings is 1. The summed E-state index contributed by atoms with van der Waals surface area (Å²) in [4.78, 5) is 25.4. The van der Waals surface area contributed by atoms with Crippen molar-refractivity contribution in [1.82, 2.24) is 5.32 Å². The van der Waals surface area contributed by atoms with Crippen LogP contribution in [0.15, 0.2) is 30.8 Å². The summed E-state index contributed by atoms with van der Waals surface area (Å²) in [5.41, 5.74) is -0.274. The average molecular weight is 450 g/mol. The van der Waals surface area contributed by atoms with Gasteiger partial charge in [-0.3, -0.25) is 0 Å². The number of carbonyl (C=O) groups is 2. The van der Waals surface area contributed by atoms with E-state index >= 15 is 0 Å². The Morgan fingerprint density at radius 1 is 1.03 bits per heavy atom. The number of carbonyl (C=O) groups excluding carboxylic acids is 2. The Hall–Kier alpha value is -2.54. The first-order chi connectivity index (χ1) is 14.5. The summed E-state index contributed by atoms with van der Waals surface area (Å²) in [6, 6.07) is 6.18. The third kappa shape index (κ3) is 10.2. The molecule has 32 heavy (non-hydrogen) atoms. The molecule has 7 nitrogen and oxygen atoms in total. The van der Waals surface area contributed by atoms with Crippen molar-refractivity contribution >= 4 is 17.6 Å². The van der Waals surface area contributed by atoms with Gasteiger partial charge in [0.15, 0.2) is 6.04 Å². The molecule has 0 heterocycles. The standard InChI is InChI=1S/C25H40N2O5/c1-11-25(6,7)31-22(28)21(26-23(29)32-24(3,4)5)18(2)19-12-14-20(15-13-19)30-17-16-27(8,9)10/h12-15,21H,2,11,16-17H2,1,3-10H3/p+1/t21-/m0/s1. The molecule has 1 aromatic rings. The molecule has 1 amide bonds. The second kappa shape index (κ2) is 10.9. The molecule has 0 aliphatic rings. The van der Waals surface area contributed by atoms with Crippen molar-refractivity contribution in [1.29, 1.82) is 0 Å². The predicted octanol–water partition coefficient (Wildman–Crippen LogP) is 4.41. The van der Waals surface area contributed by atoms with Gasteiger partial charge >= 0.3 is 12.1 Å². The monoisotopic (exact) mass is 449 g/mol. The first kappa shape index (κ1) is 27.5. The van der Waals surface area contributed by atoms with E-state index in [2.05, 4.69) is 33.0 Å². The summed E-state index contributed by atoms with van der Waals surface area (Å²) >= 11 is 0. The smallest absolute Gasteiger partial charge is 0.408 e. The van der Waals surface area contributed by atoms with Gasteiger partial charge in [-0.2, -0.15) is 0 Å². The quantitative estimate of drug-likeness (QED) is 0.423. The maximum absolute atomic E-state index is 13.0. The van der Waals surface area contributed by atoms with Crippen LogP contribution in [-0.4, -0.2) is 68.1 Å². The molecule has 1 aromatic carbocycles. The lowest BCUT2D eigenvalue weighted by Gasteiger charge is -2.28. The van der Waals surface area contributed by atoms with Crippen molar-refractivity contribution in [2.75, 3.05) is 34.3 Å². The molecule has 1 N–H and O–H groups in total. The Morgan fingerprint density at radius 3 is 2.06 bits per heavy atom. The van der Waals surface area contributed by atoms with Gasteiger partial charge < -0.3 is 24.0 Å². The number of rotatable bonds is 10. The lowest BCUT2D eigenvalue weighted by atomic mass is 9.99. The molecule has 180 valence electrons. The van der Waals surface area contributed by atoms with Crippen molar-refractivity contribution in [3.8, 4) is 5.75 Å². The number of esters is 1. The number of quaternary nitrogens is 1. The van der Waals surface area contributed by atoms with E-state index in [1.165, 1.54) is 0 Å². The molecule has 0 saturated carbocycles. The van der Waals surface area contributed by atoms with Gasteiger partial charge in [0.25, 0.3) is 0 Å². The highest BCUT2D eigenvalue weighted by molar-refractivity contribution is 5.95. The molecule has 1 rings (SSSR count). The number of nitrogens with zero attached hydrogens (tertiary/aromatic N) is 1. The van der Waals surface area contributed by atoms with Crippen LogP contribution in [0.1, 0.15) is 53.5 Å². The number of alkyl carbamates (subject to hydrolysis) is 1. The Labute approximate surface area is 193 Å². The molecule has 0 unspecified atom stereocenters. The van der Waals surface area contributed by atoms with Crippen LogP contribution in [0.3, 0.4) is 0 Å². The number of likely N-dealkylation sites (N-methyl/N-ethyl adjacent to an activating group) is 1. The van der Waals surface area contributed by atoms with E-state index in [1.807, 2.05) is 45.0 Å². The number of hydrogen-bond acceptors (Lipinski definition) is 5. The maximum Gasteiger partial charge on any atom is 0.408 e. The second-order valence-corrected chi connectivity index (χ2v) is 10.5. The van der Waals surface area contributed by atoms with E-state index in [-0.39, 0.29) is 0 Å². The minimum atomic E-state index is -1.08. The fourth-order valence-corrected chi connectivity index (χ4v) is 2.49. The summed E-state index contributed by atoms with van der Waals surface area (Å²) in [5, 5.41) is 2.62. The molecule has 0 fully saturated rings. The fourth-order valence-electron chi connectivity index (χ4n) is 2.49. The third-order valence-corrected chi connectivity index (χ3v) is 4.73. The normalized spacial score (nSPS) is 13.2. The fraction of sp³-hybridized carbons (Fsp3) is 0.600. The minimum absolute atomic E-state index is 0.408. The van der Waals surface area contributed by atoms with Crippen LogP contribution < -0.4 is 10.1 Å². The highest BCUT2D eigenvalue weighted by Gasteiger charge is 2.32. The summed E-state index contributed by atoms with van der Waals surface area (Å²) in [6.07, 6.45) is -0.0842. The van der Waals surface area contributed by atoms with E-state index in [4.69, 9.17) is 14.2 Å². The van der Waals surface area contributed by atoms with E-state index in [0.717, 1.165) is 16.8 Å². The molecule has 0 aromatic heterocycles. The van der Waals surface area contributed by atoms with Gasteiger partial charge in [0.05, 0.1) is 21.1 Å². The zero-order chi connectivity index (χ0) is 24.7. The van der Waals surface area contributed by atoms with E-state index in [0.29, 0.717) is 24.2 Å². The summed E-state index contributed by atoms with van der Waals surface area (Å²) in [6.45, 7) is 16.4. The predicted molar refractivity (Wildman–Crippen MR) is 127 cm³/mol. The van der Waals surface area contributed by atoms with Crippen LogP contribution in [-0.2, 0) is 14.3 Å². The van der Waals surface area contributed by atoms with Crippen molar-refractivity contribution in [2.45, 2.75) is 65.2 Å². The van der Waals surface area contributed by atoms with Crippen molar-refractivity contribution in [3.05, 3.63) is 36.4 Å². The molecular weight excluding hydrogens is 408 g/mol. The topological polar surface area (TPSA) is 73.9 Å². The lowest BCUT2D eigenvalue weighted by Crippen LogP contribution is -2.46. The van der Waals surface area contributed by atoms with Gasteiger partial charge in [-0.05, 0) is 64.3 Å². The van der Waals surface area contributed by atoms with Gasteiger partial charge in [-0.15, -0.1) is 0 Å². The Kier molecular flexibility index (Phi) is 9.33. The van der Waals surface area contributed by atoms with E-state index in [9.17, 15) is 9.59 Å². The highest BCUT2D eigenvalue weighted by atomic mass is 16.6. The van der Waals surface area contributed by atoms with Crippen molar-refractivity contribution < 1.29 is 28.3 Å². The van der Waals surface area contributed by atoms with Crippen LogP contribution in [0.25, 0.3) is 5.57 Å². The van der Waals surface area contributed by atoms with Gasteiger partial charge in [-0.1, -0.05) is 25.6 Å². The van der Waals surface area contributed by atoms with Gasteiger partial charge in [0.2, 0.25) is 0 Å². The highest BCUT2D eigenvalue weighted by Crippen LogP contribution is 2.24. The molecule has 0 bridgehead atoms. The maximum atomic E-state index is 13.0.